The Balaban J connectivity index is -0.000000118. The monoisotopic (exact) mass is 556 g/mol. The van der Waals surface area contributed by atoms with E-state index in [4.69, 9.17) is 48.4 Å². The summed E-state index contributed by atoms with van der Waals surface area (Å²) in [6.45, 7) is 1.07. The quantitative estimate of drug-likeness (QED) is 0.184. The van der Waals surface area contributed by atoms with E-state index in [-0.39, 0.29) is 136 Å². The fraction of sp³-hybridized carbons (Fsp3) is 0.636. The van der Waals surface area contributed by atoms with E-state index in [2.05, 4.69) is 4.98 Å². The number of nitrogens with zero attached hydrogens (tertiary/aromatic N) is 1. The first kappa shape index (κ1) is 47.4. The molecule has 6 atom stereocenters. The summed E-state index contributed by atoms with van der Waals surface area (Å²) in [5.41, 5.74) is -1.53. The molecule has 0 amide bonds. The van der Waals surface area contributed by atoms with E-state index in [1.165, 1.54) is 30.4 Å². The first-order valence-electron chi connectivity index (χ1n) is 6.67. The van der Waals surface area contributed by atoms with E-state index >= 15 is 0 Å². The van der Waals surface area contributed by atoms with Crippen molar-refractivity contribution in [2.24, 2.45) is 0 Å². The molecule has 0 spiro atoms. The standard InChI is InChI=1S/C11H15N2O4S2.4Na.HO2P.2H2OP/c1-11(16)8(15)6(3-5-14)17-9(11)13-4-2-7(18)12-10(13)19;;;;;1-3-2;2*1-2/h2,4,6,8-9,15-16H,3,5H2,1H3,(H,12,18,19);;;;;(H,1,2);2*2H2/q-1;4*+1;;2*-1/p-1/t6?,8-,9?,11?;;;;;;;/m0......./s1. The van der Waals surface area contributed by atoms with Crippen LogP contribution in [0.3, 0.4) is 0 Å². The van der Waals surface area contributed by atoms with Gasteiger partial charge in [0.15, 0.2) is 11.0 Å². The molecule has 1 saturated heterocycles. The number of rotatable bonds is 3. The average Bonchev–Trinajstić information content (AvgIpc) is 2.83. The molecule has 5 unspecified atom stereocenters. The van der Waals surface area contributed by atoms with Crippen molar-refractivity contribution in [2.75, 3.05) is 6.61 Å². The molecule has 19 heteroatoms. The summed E-state index contributed by atoms with van der Waals surface area (Å²) < 4.78 is 16.2. The number of H-pyrrole nitrogens is 1. The summed E-state index contributed by atoms with van der Waals surface area (Å²) in [5.74, 6) is 0. The minimum absolute atomic E-state index is 0. The molecule has 2 rings (SSSR count). The van der Waals surface area contributed by atoms with Gasteiger partial charge in [-0.15, -0.1) is 6.61 Å². The topological polar surface area (TPSA) is 180 Å². The second-order valence-corrected chi connectivity index (χ2v) is 5.76. The minimum atomic E-state index is -1.53. The summed E-state index contributed by atoms with van der Waals surface area (Å²) in [6, 6.07) is 1.61. The zero-order chi connectivity index (χ0) is 20.9. The zero-order valence-electron chi connectivity index (χ0n) is 17.5. The van der Waals surface area contributed by atoms with Crippen LogP contribution in [0.2, 0.25) is 0 Å². The van der Waals surface area contributed by atoms with E-state index < -0.39 is 32.7 Å². The molecule has 0 radical (unpaired) electrons. The third-order valence-corrected chi connectivity index (χ3v) is 3.81. The van der Waals surface area contributed by atoms with Crippen LogP contribution in [-0.4, -0.2) is 44.2 Å². The van der Waals surface area contributed by atoms with Crippen molar-refractivity contribution in [2.45, 2.75) is 37.4 Å². The molecular weight excluding hydrogens is 537 g/mol. The second kappa shape index (κ2) is 27.8. The van der Waals surface area contributed by atoms with Crippen LogP contribution in [-0.2, 0) is 9.30 Å². The molecule has 3 N–H and O–H groups in total. The second-order valence-electron chi connectivity index (χ2n) is 4.78. The van der Waals surface area contributed by atoms with Crippen LogP contribution in [0, 0.1) is 9.41 Å². The Kier molecular flexibility index (Phi) is 43.9. The van der Waals surface area contributed by atoms with Gasteiger partial charge < -0.3 is 39.7 Å². The number of aromatic amines is 1. The first-order chi connectivity index (χ1) is 12.3. The molecule has 0 aliphatic carbocycles. The molecule has 0 aromatic carbocycles. The molecule has 1 aromatic heterocycles. The maximum atomic E-state index is 10.7. The number of ether oxygens (including phenoxy) is 1. The maximum Gasteiger partial charge on any atom is 1.00 e. The van der Waals surface area contributed by atoms with Crippen LogP contribution in [0.25, 0.3) is 0 Å². The summed E-state index contributed by atoms with van der Waals surface area (Å²) >= 11 is 10.1. The third kappa shape index (κ3) is 16.0. The summed E-state index contributed by atoms with van der Waals surface area (Å²) in [4.78, 5) is 27.5. The summed E-state index contributed by atoms with van der Waals surface area (Å²) in [7, 11) is 1.25. The molecule has 1 fully saturated rings. The van der Waals surface area contributed by atoms with E-state index in [1.54, 1.807) is 12.3 Å². The van der Waals surface area contributed by atoms with Crippen molar-refractivity contribution in [3.63, 3.8) is 0 Å². The van der Waals surface area contributed by atoms with Gasteiger partial charge in [-0.25, -0.2) is 18.9 Å². The van der Waals surface area contributed by atoms with Gasteiger partial charge in [-0.1, -0.05) is 12.2 Å². The number of aliphatic hydroxyl groups is 2. The molecule has 0 saturated carbocycles. The van der Waals surface area contributed by atoms with Crippen molar-refractivity contribution < 1.29 is 158 Å². The van der Waals surface area contributed by atoms with Gasteiger partial charge in [0.05, 0.1) is 14.8 Å². The Hall–Kier alpha value is 4.20. The molecule has 152 valence electrons. The van der Waals surface area contributed by atoms with E-state index in [9.17, 15) is 15.3 Å². The van der Waals surface area contributed by atoms with Gasteiger partial charge in [-0.2, -0.15) is 0 Å². The summed E-state index contributed by atoms with van der Waals surface area (Å²) in [5, 5.41) is 31.1. The molecular formula is C11H19N2Na4O8P3S2. The van der Waals surface area contributed by atoms with Gasteiger partial charge in [0.1, 0.15) is 16.3 Å². The Labute approximate surface area is 280 Å². The minimum Gasteiger partial charge on any atom is -0.854 e. The van der Waals surface area contributed by atoms with Gasteiger partial charge in [0.2, 0.25) is 0 Å². The van der Waals surface area contributed by atoms with Gasteiger partial charge in [0.25, 0.3) is 0 Å². The molecule has 10 nitrogen and oxygen atoms in total. The van der Waals surface area contributed by atoms with Gasteiger partial charge in [0, 0.05) is 6.20 Å². The number of hydrogen-bond donors (Lipinski definition) is 3. The van der Waals surface area contributed by atoms with Crippen LogP contribution < -0.4 is 138 Å². The number of aromatic nitrogens is 2. The Bertz CT molecular complexity index is 647. The SMILES string of the molecule is CC1(O)C(n2ccc(=S)[nH]c2=S)OC(CC[O-])[C@@H]1O.O=P[O-].[Na+].[Na+].[Na+].[Na+].[O-]P.[O-]P. The smallest absolute Gasteiger partial charge is 0.854 e. The van der Waals surface area contributed by atoms with E-state index in [0.29, 0.717) is 4.64 Å². The molecule has 0 bridgehead atoms. The fourth-order valence-electron chi connectivity index (χ4n) is 2.20. The third-order valence-electron chi connectivity index (χ3n) is 3.26. The van der Waals surface area contributed by atoms with Crippen molar-refractivity contribution in [1.82, 2.24) is 9.55 Å². The predicted octanol–water partition coefficient (Wildman–Crippen LogP) is -14.1. The van der Waals surface area contributed by atoms with Crippen LogP contribution in [0.15, 0.2) is 12.3 Å². The van der Waals surface area contributed by atoms with Crippen molar-refractivity contribution in [1.29, 1.82) is 0 Å². The zero-order valence-corrected chi connectivity index (χ0v) is 30.3. The number of hydrogen-bond acceptors (Lipinski definition) is 10. The van der Waals surface area contributed by atoms with Crippen molar-refractivity contribution >= 4 is 52.1 Å². The molecule has 1 aliphatic rings. The Morgan fingerprint density at radius 2 is 1.70 bits per heavy atom. The maximum absolute atomic E-state index is 10.7. The van der Waals surface area contributed by atoms with Crippen LogP contribution in [0.5, 0.6) is 0 Å². The van der Waals surface area contributed by atoms with Crippen LogP contribution >= 0.6 is 52.1 Å². The molecule has 1 aliphatic heterocycles. The largest absolute Gasteiger partial charge is 1.00 e. The number of aliphatic hydroxyl groups excluding tert-OH is 1. The molecule has 1 aromatic rings. The fourth-order valence-corrected chi connectivity index (χ4v) is 2.69. The van der Waals surface area contributed by atoms with E-state index in [1.807, 2.05) is 0 Å². The molecule has 2 heterocycles. The predicted molar refractivity (Wildman–Crippen MR) is 97.5 cm³/mol. The summed E-state index contributed by atoms with van der Waals surface area (Å²) in [6.07, 6.45) is -0.992. The van der Waals surface area contributed by atoms with Crippen molar-refractivity contribution in [3.8, 4) is 0 Å². The number of nitrogens with one attached hydrogen (secondary N) is 1. The molecule has 30 heavy (non-hydrogen) atoms. The van der Waals surface area contributed by atoms with E-state index in [0.717, 1.165) is 0 Å². The van der Waals surface area contributed by atoms with Crippen LogP contribution in [0.1, 0.15) is 19.6 Å². The van der Waals surface area contributed by atoms with Crippen molar-refractivity contribution in [3.05, 3.63) is 21.7 Å². The van der Waals surface area contributed by atoms with Gasteiger partial charge in [-0.3, -0.25) is 9.13 Å². The van der Waals surface area contributed by atoms with Gasteiger partial charge >= 0.3 is 118 Å². The van der Waals surface area contributed by atoms with Gasteiger partial charge in [-0.05, 0) is 31.6 Å². The van der Waals surface area contributed by atoms with Crippen LogP contribution in [0.4, 0.5) is 0 Å². The first-order valence-corrected chi connectivity index (χ1v) is 9.16. The Morgan fingerprint density at radius 3 is 2.07 bits per heavy atom. The normalized spacial score (nSPS) is 23.0. The Morgan fingerprint density at radius 1 is 1.27 bits per heavy atom. The average molecular weight is 556 g/mol.